The van der Waals surface area contributed by atoms with Crippen molar-refractivity contribution in [2.75, 3.05) is 44.7 Å². The topological polar surface area (TPSA) is 44.8 Å². The molecule has 2 aliphatic heterocycles. The molecule has 0 radical (unpaired) electrons. The summed E-state index contributed by atoms with van der Waals surface area (Å²) in [4.78, 5) is 17.1. The van der Waals surface area contributed by atoms with Crippen molar-refractivity contribution in [2.24, 2.45) is 0 Å². The highest BCUT2D eigenvalue weighted by atomic mass is 35.5. The van der Waals surface area contributed by atoms with Crippen LogP contribution in [0.15, 0.2) is 24.3 Å². The number of likely N-dealkylation sites (tertiary alicyclic amines) is 1. The zero-order valence-corrected chi connectivity index (χ0v) is 14.8. The fraction of sp³-hybridized carbons (Fsp3) is 0.611. The molecule has 2 aliphatic rings. The van der Waals surface area contributed by atoms with Crippen molar-refractivity contribution >= 4 is 23.3 Å². The molecule has 1 unspecified atom stereocenters. The normalized spacial score (nSPS) is 22.4. The van der Waals surface area contributed by atoms with E-state index in [1.807, 2.05) is 17.0 Å². The maximum atomic E-state index is 12.7. The second kappa shape index (κ2) is 8.70. The van der Waals surface area contributed by atoms with Crippen LogP contribution in [0.2, 0.25) is 5.02 Å². The number of ether oxygens (including phenoxy) is 1. The van der Waals surface area contributed by atoms with Gasteiger partial charge in [0, 0.05) is 42.9 Å². The lowest BCUT2D eigenvalue weighted by atomic mass is 9.99. The maximum Gasteiger partial charge on any atom is 0.322 e. The van der Waals surface area contributed by atoms with E-state index in [1.165, 1.54) is 6.42 Å². The predicted molar refractivity (Wildman–Crippen MR) is 96.7 cm³/mol. The van der Waals surface area contributed by atoms with Crippen LogP contribution >= 0.6 is 11.6 Å². The first kappa shape index (κ1) is 17.5. The molecule has 0 aromatic heterocycles. The van der Waals surface area contributed by atoms with Crippen LogP contribution in [-0.4, -0.2) is 61.3 Å². The van der Waals surface area contributed by atoms with E-state index in [4.69, 9.17) is 16.3 Å². The summed E-state index contributed by atoms with van der Waals surface area (Å²) >= 11 is 5.90. The Kier molecular flexibility index (Phi) is 6.35. The second-order valence-corrected chi connectivity index (χ2v) is 6.96. The molecule has 0 spiro atoms. The van der Waals surface area contributed by atoms with Crippen LogP contribution in [0.5, 0.6) is 0 Å². The summed E-state index contributed by atoms with van der Waals surface area (Å²) in [7, 11) is 0. The number of piperidine rings is 1. The molecule has 1 N–H and O–H groups in total. The number of morpholine rings is 1. The molecule has 0 bridgehead atoms. The Morgan fingerprint density at radius 1 is 1.17 bits per heavy atom. The minimum atomic E-state index is 0.00370. The van der Waals surface area contributed by atoms with Crippen molar-refractivity contribution < 1.29 is 9.53 Å². The molecule has 0 aliphatic carbocycles. The number of halogens is 1. The summed E-state index contributed by atoms with van der Waals surface area (Å²) in [6.45, 7) is 5.54. The van der Waals surface area contributed by atoms with Crippen molar-refractivity contribution in [2.45, 2.75) is 31.7 Å². The van der Waals surface area contributed by atoms with Gasteiger partial charge in [0.15, 0.2) is 0 Å². The summed E-state index contributed by atoms with van der Waals surface area (Å²) in [6.07, 6.45) is 4.42. The van der Waals surface area contributed by atoms with E-state index >= 15 is 0 Å². The van der Waals surface area contributed by atoms with Crippen molar-refractivity contribution in [3.05, 3.63) is 29.3 Å². The first-order valence-electron chi connectivity index (χ1n) is 8.86. The van der Waals surface area contributed by atoms with Gasteiger partial charge in [-0.25, -0.2) is 4.79 Å². The molecule has 2 amide bonds. The third-order valence-corrected chi connectivity index (χ3v) is 5.12. The highest BCUT2D eigenvalue weighted by Gasteiger charge is 2.27. The minimum Gasteiger partial charge on any atom is -0.379 e. The maximum absolute atomic E-state index is 12.7. The number of urea groups is 1. The molecule has 1 atom stereocenters. The van der Waals surface area contributed by atoms with Gasteiger partial charge in [0.25, 0.3) is 0 Å². The Hall–Kier alpha value is -1.30. The summed E-state index contributed by atoms with van der Waals surface area (Å²) in [5, 5.41) is 3.68. The fourth-order valence-electron chi connectivity index (χ4n) is 3.45. The van der Waals surface area contributed by atoms with Gasteiger partial charge < -0.3 is 15.0 Å². The average molecular weight is 352 g/mol. The monoisotopic (exact) mass is 351 g/mol. The summed E-state index contributed by atoms with van der Waals surface area (Å²) < 4.78 is 5.40. The van der Waals surface area contributed by atoms with E-state index in [2.05, 4.69) is 10.2 Å². The van der Waals surface area contributed by atoms with Crippen molar-refractivity contribution in [3.8, 4) is 0 Å². The third-order valence-electron chi connectivity index (χ3n) is 4.87. The van der Waals surface area contributed by atoms with Crippen LogP contribution in [0.4, 0.5) is 10.5 Å². The number of hydrogen-bond donors (Lipinski definition) is 1. The van der Waals surface area contributed by atoms with E-state index < -0.39 is 0 Å². The number of benzene rings is 1. The summed E-state index contributed by atoms with van der Waals surface area (Å²) in [6, 6.07) is 7.60. The van der Waals surface area contributed by atoms with Crippen LogP contribution < -0.4 is 5.32 Å². The van der Waals surface area contributed by atoms with Gasteiger partial charge in [0.05, 0.1) is 13.2 Å². The van der Waals surface area contributed by atoms with Crippen LogP contribution in [0.1, 0.15) is 25.7 Å². The van der Waals surface area contributed by atoms with Gasteiger partial charge in [0.1, 0.15) is 0 Å². The van der Waals surface area contributed by atoms with Crippen molar-refractivity contribution in [1.29, 1.82) is 0 Å². The summed E-state index contributed by atoms with van der Waals surface area (Å²) in [5.41, 5.74) is 0.793. The quantitative estimate of drug-likeness (QED) is 0.903. The molecule has 1 aromatic rings. The Balaban J connectivity index is 1.54. The minimum absolute atomic E-state index is 0.00370. The van der Waals surface area contributed by atoms with Gasteiger partial charge in [-0.2, -0.15) is 0 Å². The van der Waals surface area contributed by atoms with Crippen LogP contribution in [0.3, 0.4) is 0 Å². The Labute approximate surface area is 148 Å². The van der Waals surface area contributed by atoms with E-state index in [-0.39, 0.29) is 6.03 Å². The van der Waals surface area contributed by atoms with E-state index in [0.717, 1.165) is 64.3 Å². The van der Waals surface area contributed by atoms with Crippen LogP contribution in [0, 0.1) is 0 Å². The van der Waals surface area contributed by atoms with Crippen LogP contribution in [0.25, 0.3) is 0 Å². The van der Waals surface area contributed by atoms with Gasteiger partial charge in [-0.15, -0.1) is 0 Å². The number of carbonyl (C=O) groups is 1. The lowest BCUT2D eigenvalue weighted by Gasteiger charge is -2.37. The summed E-state index contributed by atoms with van der Waals surface area (Å²) in [5.74, 6) is 0. The highest BCUT2D eigenvalue weighted by Crippen LogP contribution is 2.22. The molecule has 5 nitrogen and oxygen atoms in total. The van der Waals surface area contributed by atoms with E-state index in [1.54, 1.807) is 12.1 Å². The smallest absolute Gasteiger partial charge is 0.322 e. The third kappa shape index (κ3) is 4.85. The zero-order valence-electron chi connectivity index (χ0n) is 14.0. The van der Waals surface area contributed by atoms with Gasteiger partial charge in [0.2, 0.25) is 0 Å². The molecule has 2 heterocycles. The molecule has 2 saturated heterocycles. The van der Waals surface area contributed by atoms with Crippen molar-refractivity contribution in [1.82, 2.24) is 9.80 Å². The Morgan fingerprint density at radius 2 is 1.92 bits per heavy atom. The number of carbonyl (C=O) groups excluding carboxylic acids is 1. The molecular weight excluding hydrogens is 326 g/mol. The predicted octanol–water partition coefficient (Wildman–Crippen LogP) is 3.45. The van der Waals surface area contributed by atoms with Crippen molar-refractivity contribution in [3.63, 3.8) is 0 Å². The average Bonchev–Trinajstić information content (AvgIpc) is 2.63. The second-order valence-electron chi connectivity index (χ2n) is 6.52. The van der Waals surface area contributed by atoms with Gasteiger partial charge in [-0.3, -0.25) is 4.90 Å². The molecule has 3 rings (SSSR count). The van der Waals surface area contributed by atoms with E-state index in [0.29, 0.717) is 11.1 Å². The van der Waals surface area contributed by atoms with E-state index in [9.17, 15) is 4.79 Å². The highest BCUT2D eigenvalue weighted by molar-refractivity contribution is 6.30. The molecule has 2 fully saturated rings. The first-order chi connectivity index (χ1) is 11.7. The largest absolute Gasteiger partial charge is 0.379 e. The molecule has 0 saturated carbocycles. The lowest BCUT2D eigenvalue weighted by molar-refractivity contribution is 0.0329. The lowest BCUT2D eigenvalue weighted by Crippen LogP contribution is -2.48. The van der Waals surface area contributed by atoms with Gasteiger partial charge in [-0.05, 0) is 49.9 Å². The standard InChI is InChI=1S/C18H26ClN3O2/c19-15-4-6-16(7-5-15)20-18(23)22-9-2-1-3-17(22)8-10-21-11-13-24-14-12-21/h4-7,17H,1-3,8-14H2,(H,20,23). The SMILES string of the molecule is O=C(Nc1ccc(Cl)cc1)N1CCCCC1CCN1CCOCC1. The number of nitrogens with zero attached hydrogens (tertiary/aromatic N) is 2. The van der Waals surface area contributed by atoms with Gasteiger partial charge in [-0.1, -0.05) is 11.6 Å². The molecule has 132 valence electrons. The molecule has 1 aromatic carbocycles. The number of hydrogen-bond acceptors (Lipinski definition) is 3. The Morgan fingerprint density at radius 3 is 2.67 bits per heavy atom. The Bertz CT molecular complexity index is 532. The van der Waals surface area contributed by atoms with Gasteiger partial charge >= 0.3 is 6.03 Å². The molecule has 24 heavy (non-hydrogen) atoms. The molecular formula is C18H26ClN3O2. The fourth-order valence-corrected chi connectivity index (χ4v) is 3.58. The zero-order chi connectivity index (χ0) is 16.8. The number of rotatable bonds is 4. The molecule has 6 heteroatoms. The van der Waals surface area contributed by atoms with Crippen LogP contribution in [-0.2, 0) is 4.74 Å². The first-order valence-corrected chi connectivity index (χ1v) is 9.23. The number of nitrogens with one attached hydrogen (secondary N) is 1. The number of amides is 2. The number of anilines is 1.